The molecule has 0 atom stereocenters. The standard InChI is InChI=1S/C11H15NO2S/c1-12-11(6-7-11)9-4-3-5-10(8-9)15(2,13)14/h3-5,8,12H,6-7H2,1-2H3. The molecule has 2 rings (SSSR count). The summed E-state index contributed by atoms with van der Waals surface area (Å²) in [4.78, 5) is 0.404. The van der Waals surface area contributed by atoms with Crippen LogP contribution in [-0.4, -0.2) is 21.7 Å². The maximum absolute atomic E-state index is 11.4. The van der Waals surface area contributed by atoms with Gasteiger partial charge in [0.15, 0.2) is 9.84 Å². The minimum absolute atomic E-state index is 0.0285. The summed E-state index contributed by atoms with van der Waals surface area (Å²) in [5, 5.41) is 3.25. The Hall–Kier alpha value is -0.870. The van der Waals surface area contributed by atoms with E-state index in [0.29, 0.717) is 4.90 Å². The van der Waals surface area contributed by atoms with E-state index in [-0.39, 0.29) is 5.54 Å². The van der Waals surface area contributed by atoms with Crippen LogP contribution in [-0.2, 0) is 15.4 Å². The summed E-state index contributed by atoms with van der Waals surface area (Å²) in [5.74, 6) is 0. The van der Waals surface area contributed by atoms with Crippen LogP contribution in [0.1, 0.15) is 18.4 Å². The summed E-state index contributed by atoms with van der Waals surface area (Å²) >= 11 is 0. The molecule has 1 aromatic rings. The first kappa shape index (κ1) is 10.6. The summed E-state index contributed by atoms with van der Waals surface area (Å²) in [6.07, 6.45) is 3.40. The van der Waals surface area contributed by atoms with Crippen LogP contribution in [0.25, 0.3) is 0 Å². The van der Waals surface area contributed by atoms with E-state index in [9.17, 15) is 8.42 Å². The Balaban J connectivity index is 2.44. The van der Waals surface area contributed by atoms with Gasteiger partial charge in [0, 0.05) is 11.8 Å². The molecule has 0 unspecified atom stereocenters. The first-order valence-corrected chi connectivity index (χ1v) is 6.87. The van der Waals surface area contributed by atoms with Crippen molar-refractivity contribution in [2.45, 2.75) is 23.3 Å². The third-order valence-corrected chi connectivity index (χ3v) is 4.15. The molecular weight excluding hydrogens is 210 g/mol. The van der Waals surface area contributed by atoms with Crippen LogP contribution in [0.2, 0.25) is 0 Å². The van der Waals surface area contributed by atoms with Gasteiger partial charge in [-0.3, -0.25) is 0 Å². The number of benzene rings is 1. The minimum atomic E-state index is -3.09. The molecule has 4 heteroatoms. The van der Waals surface area contributed by atoms with Gasteiger partial charge < -0.3 is 5.32 Å². The van der Waals surface area contributed by atoms with Gasteiger partial charge in [0.25, 0.3) is 0 Å². The fourth-order valence-corrected chi connectivity index (χ4v) is 2.50. The Morgan fingerprint density at radius 1 is 1.33 bits per heavy atom. The van der Waals surface area contributed by atoms with Crippen LogP contribution in [0.4, 0.5) is 0 Å². The fourth-order valence-electron chi connectivity index (χ4n) is 1.83. The Morgan fingerprint density at radius 3 is 2.47 bits per heavy atom. The molecular formula is C11H15NO2S. The predicted molar refractivity (Wildman–Crippen MR) is 59.5 cm³/mol. The summed E-state index contributed by atoms with van der Waals surface area (Å²) in [7, 11) is -1.18. The Kier molecular flexibility index (Phi) is 2.35. The third kappa shape index (κ3) is 1.92. The van der Waals surface area contributed by atoms with Crippen LogP contribution >= 0.6 is 0 Å². The van der Waals surface area contributed by atoms with E-state index in [4.69, 9.17) is 0 Å². The van der Waals surface area contributed by atoms with Gasteiger partial charge in [-0.15, -0.1) is 0 Å². The molecule has 1 saturated carbocycles. The Bertz CT molecular complexity index is 475. The first-order chi connectivity index (χ1) is 6.98. The molecule has 0 radical (unpaired) electrons. The van der Waals surface area contributed by atoms with Gasteiger partial charge in [-0.25, -0.2) is 8.42 Å². The maximum atomic E-state index is 11.4. The summed E-state index contributed by atoms with van der Waals surface area (Å²) < 4.78 is 22.8. The lowest BCUT2D eigenvalue weighted by atomic mass is 10.1. The molecule has 1 fully saturated rings. The second-order valence-corrected chi connectivity index (χ2v) is 6.15. The van der Waals surface area contributed by atoms with Gasteiger partial charge in [0.1, 0.15) is 0 Å². The van der Waals surface area contributed by atoms with E-state index in [1.807, 2.05) is 19.2 Å². The molecule has 0 spiro atoms. The fraction of sp³-hybridized carbons (Fsp3) is 0.455. The van der Waals surface area contributed by atoms with Crippen molar-refractivity contribution >= 4 is 9.84 Å². The number of hydrogen-bond acceptors (Lipinski definition) is 3. The van der Waals surface area contributed by atoms with E-state index >= 15 is 0 Å². The van der Waals surface area contributed by atoms with Gasteiger partial charge in [0.05, 0.1) is 4.90 Å². The van der Waals surface area contributed by atoms with Crippen molar-refractivity contribution < 1.29 is 8.42 Å². The molecule has 1 N–H and O–H groups in total. The van der Waals surface area contributed by atoms with Crippen LogP contribution in [0, 0.1) is 0 Å². The second-order valence-electron chi connectivity index (χ2n) is 4.13. The summed E-state index contributed by atoms with van der Waals surface area (Å²) in [6, 6.07) is 7.21. The Labute approximate surface area is 90.4 Å². The molecule has 0 heterocycles. The van der Waals surface area contributed by atoms with Crippen molar-refractivity contribution in [2.75, 3.05) is 13.3 Å². The molecule has 1 aliphatic rings. The molecule has 15 heavy (non-hydrogen) atoms. The van der Waals surface area contributed by atoms with Gasteiger partial charge in [0.2, 0.25) is 0 Å². The predicted octanol–water partition coefficient (Wildman–Crippen LogP) is 1.30. The lowest BCUT2D eigenvalue weighted by Crippen LogP contribution is -2.24. The average molecular weight is 225 g/mol. The Morgan fingerprint density at radius 2 is 2.00 bits per heavy atom. The third-order valence-electron chi connectivity index (χ3n) is 3.04. The molecule has 0 bridgehead atoms. The van der Waals surface area contributed by atoms with Crippen molar-refractivity contribution in [3.05, 3.63) is 29.8 Å². The highest BCUT2D eigenvalue weighted by Crippen LogP contribution is 2.45. The van der Waals surface area contributed by atoms with Crippen LogP contribution in [0.15, 0.2) is 29.2 Å². The van der Waals surface area contributed by atoms with Crippen molar-refractivity contribution in [3.63, 3.8) is 0 Å². The first-order valence-electron chi connectivity index (χ1n) is 4.97. The average Bonchev–Trinajstić information content (AvgIpc) is 2.97. The van der Waals surface area contributed by atoms with Gasteiger partial charge in [-0.2, -0.15) is 0 Å². The lowest BCUT2D eigenvalue weighted by Gasteiger charge is -2.15. The highest BCUT2D eigenvalue weighted by atomic mass is 32.2. The zero-order chi connectivity index (χ0) is 11.1. The highest BCUT2D eigenvalue weighted by Gasteiger charge is 2.42. The van der Waals surface area contributed by atoms with E-state index in [2.05, 4.69) is 5.32 Å². The van der Waals surface area contributed by atoms with Crippen molar-refractivity contribution in [1.82, 2.24) is 5.32 Å². The van der Waals surface area contributed by atoms with Crippen molar-refractivity contribution in [3.8, 4) is 0 Å². The molecule has 0 amide bonds. The largest absolute Gasteiger partial charge is 0.310 e. The lowest BCUT2D eigenvalue weighted by molar-refractivity contribution is 0.581. The SMILES string of the molecule is CNC1(c2cccc(S(C)(=O)=O)c2)CC1. The second kappa shape index (κ2) is 3.32. The number of hydrogen-bond donors (Lipinski definition) is 1. The van der Waals surface area contributed by atoms with E-state index in [1.165, 1.54) is 6.26 Å². The normalized spacial score (nSPS) is 18.8. The number of sulfone groups is 1. The van der Waals surface area contributed by atoms with E-state index in [1.54, 1.807) is 12.1 Å². The van der Waals surface area contributed by atoms with Gasteiger partial charge in [-0.1, -0.05) is 12.1 Å². The zero-order valence-electron chi connectivity index (χ0n) is 8.95. The molecule has 0 aromatic heterocycles. The molecule has 0 saturated heterocycles. The van der Waals surface area contributed by atoms with Crippen LogP contribution in [0.5, 0.6) is 0 Å². The van der Waals surface area contributed by atoms with Gasteiger partial charge in [-0.05, 0) is 37.6 Å². The molecule has 82 valence electrons. The quantitative estimate of drug-likeness (QED) is 0.843. The molecule has 1 aliphatic carbocycles. The van der Waals surface area contributed by atoms with Gasteiger partial charge >= 0.3 is 0 Å². The topological polar surface area (TPSA) is 46.2 Å². The van der Waals surface area contributed by atoms with Crippen molar-refractivity contribution in [1.29, 1.82) is 0 Å². The number of nitrogens with one attached hydrogen (secondary N) is 1. The summed E-state index contributed by atoms with van der Waals surface area (Å²) in [5.41, 5.74) is 1.11. The van der Waals surface area contributed by atoms with Crippen LogP contribution in [0.3, 0.4) is 0 Å². The molecule has 1 aromatic carbocycles. The van der Waals surface area contributed by atoms with Crippen LogP contribution < -0.4 is 5.32 Å². The van der Waals surface area contributed by atoms with Crippen molar-refractivity contribution in [2.24, 2.45) is 0 Å². The zero-order valence-corrected chi connectivity index (χ0v) is 9.76. The van der Waals surface area contributed by atoms with E-state index in [0.717, 1.165) is 18.4 Å². The number of rotatable bonds is 3. The maximum Gasteiger partial charge on any atom is 0.175 e. The highest BCUT2D eigenvalue weighted by molar-refractivity contribution is 7.90. The monoisotopic (exact) mass is 225 g/mol. The smallest absolute Gasteiger partial charge is 0.175 e. The molecule has 3 nitrogen and oxygen atoms in total. The summed E-state index contributed by atoms with van der Waals surface area (Å²) in [6.45, 7) is 0. The molecule has 0 aliphatic heterocycles. The van der Waals surface area contributed by atoms with E-state index < -0.39 is 9.84 Å². The minimum Gasteiger partial charge on any atom is -0.310 e.